The predicted octanol–water partition coefficient (Wildman–Crippen LogP) is 0.367. The van der Waals surface area contributed by atoms with Crippen LogP contribution in [0.4, 0.5) is 0 Å². The van der Waals surface area contributed by atoms with Gasteiger partial charge in [-0.1, -0.05) is 12.1 Å². The zero-order valence-electron chi connectivity index (χ0n) is 4.18. The lowest BCUT2D eigenvalue weighted by Gasteiger charge is -1.77. The quantitative estimate of drug-likeness (QED) is 0.550. The molecule has 0 saturated heterocycles. The second kappa shape index (κ2) is 1.73. The van der Waals surface area contributed by atoms with E-state index in [4.69, 9.17) is 0 Å². The molecule has 0 fully saturated rings. The van der Waals surface area contributed by atoms with Crippen LogP contribution in [0.5, 0.6) is 0 Å². The van der Waals surface area contributed by atoms with Gasteiger partial charge < -0.3 is 0 Å². The highest BCUT2D eigenvalue weighted by Gasteiger charge is 1.83. The van der Waals surface area contributed by atoms with Crippen molar-refractivity contribution in [1.29, 1.82) is 0 Å². The minimum Gasteiger partial charge on any atom is -0.262 e. The molecule has 1 aromatic heterocycles. The summed E-state index contributed by atoms with van der Waals surface area (Å²) in [5.41, 5.74) is 1.08. The smallest absolute Gasteiger partial charge is 0.0722 e. The minimum atomic E-state index is 0.979. The maximum atomic E-state index is 3.59. The van der Waals surface area contributed by atoms with Crippen molar-refractivity contribution in [3.05, 3.63) is 11.9 Å². The number of hydrogen-bond acceptors (Lipinski definition) is 2. The van der Waals surface area contributed by atoms with E-state index < -0.39 is 0 Å². The van der Waals surface area contributed by atoms with Crippen LogP contribution in [0.25, 0.3) is 0 Å². The molecule has 0 aromatic carbocycles. The Balaban J connectivity index is 2.76. The summed E-state index contributed by atoms with van der Waals surface area (Å²) in [7, 11) is 0. The molecule has 1 aromatic rings. The molecule has 38 valence electrons. The van der Waals surface area contributed by atoms with Crippen LogP contribution in [0.2, 0.25) is 0 Å². The summed E-state index contributed by atoms with van der Waals surface area (Å²) in [4.78, 5) is 0. The summed E-state index contributed by atoms with van der Waals surface area (Å²) in [6.07, 6.45) is 2.70. The fraction of sp³-hybridized carbons (Fsp3) is 0.500. The molecule has 0 aliphatic carbocycles. The number of hydrogen-bond donors (Lipinski definition) is 1. The van der Waals surface area contributed by atoms with Crippen molar-refractivity contribution in [2.75, 3.05) is 0 Å². The van der Waals surface area contributed by atoms with Gasteiger partial charge in [0.05, 0.1) is 11.9 Å². The van der Waals surface area contributed by atoms with Gasteiger partial charge in [0.1, 0.15) is 0 Å². The first-order chi connectivity index (χ1) is 3.43. The molecule has 1 N–H and O–H groups in total. The van der Waals surface area contributed by atoms with Crippen LogP contribution in [-0.4, -0.2) is 15.4 Å². The minimum absolute atomic E-state index is 0.979. The van der Waals surface area contributed by atoms with Gasteiger partial charge >= 0.3 is 0 Å². The number of H-pyrrole nitrogens is 1. The van der Waals surface area contributed by atoms with E-state index in [0.29, 0.717) is 0 Å². The van der Waals surface area contributed by atoms with Gasteiger partial charge in [0.25, 0.3) is 0 Å². The zero-order valence-corrected chi connectivity index (χ0v) is 4.18. The summed E-state index contributed by atoms with van der Waals surface area (Å²) < 4.78 is 0. The van der Waals surface area contributed by atoms with Crippen molar-refractivity contribution in [3.8, 4) is 0 Å². The van der Waals surface area contributed by atoms with Crippen LogP contribution in [0.3, 0.4) is 0 Å². The molecule has 0 atom stereocenters. The third-order valence-corrected chi connectivity index (χ3v) is 0.846. The maximum absolute atomic E-state index is 3.59. The van der Waals surface area contributed by atoms with Crippen molar-refractivity contribution in [2.45, 2.75) is 13.3 Å². The van der Waals surface area contributed by atoms with Gasteiger partial charge in [0, 0.05) is 0 Å². The van der Waals surface area contributed by atoms with E-state index in [0.717, 1.165) is 12.1 Å². The zero-order chi connectivity index (χ0) is 5.11. The van der Waals surface area contributed by atoms with Gasteiger partial charge in [0.15, 0.2) is 0 Å². The molecule has 7 heavy (non-hydrogen) atoms. The Hall–Kier alpha value is -0.860. The number of aromatic amines is 1. The van der Waals surface area contributed by atoms with Crippen molar-refractivity contribution < 1.29 is 0 Å². The van der Waals surface area contributed by atoms with E-state index in [9.17, 15) is 0 Å². The molecule has 0 bridgehead atoms. The van der Waals surface area contributed by atoms with E-state index in [2.05, 4.69) is 22.3 Å². The lowest BCUT2D eigenvalue weighted by Crippen LogP contribution is -1.76. The van der Waals surface area contributed by atoms with Gasteiger partial charge in [-0.2, -0.15) is 0 Å². The Morgan fingerprint density at radius 2 is 2.71 bits per heavy atom. The van der Waals surface area contributed by atoms with Crippen LogP contribution < -0.4 is 0 Å². The van der Waals surface area contributed by atoms with Crippen molar-refractivity contribution in [2.24, 2.45) is 0 Å². The summed E-state index contributed by atoms with van der Waals surface area (Å²) >= 11 is 0. The van der Waals surface area contributed by atoms with Crippen LogP contribution in [-0.2, 0) is 6.42 Å². The molecule has 0 aliphatic heterocycles. The third-order valence-electron chi connectivity index (χ3n) is 0.846. The molecule has 0 saturated carbocycles. The second-order valence-electron chi connectivity index (χ2n) is 1.34. The molecular formula is C4H7N3. The summed E-state index contributed by atoms with van der Waals surface area (Å²) in [6.45, 7) is 2.05. The largest absolute Gasteiger partial charge is 0.262 e. The van der Waals surface area contributed by atoms with E-state index >= 15 is 0 Å². The van der Waals surface area contributed by atoms with Gasteiger partial charge in [0.2, 0.25) is 0 Å². The average Bonchev–Trinajstić information content (AvgIpc) is 2.14. The fourth-order valence-electron chi connectivity index (χ4n) is 0.391. The molecule has 0 amide bonds. The molecule has 1 heterocycles. The molecule has 3 heteroatoms. The van der Waals surface area contributed by atoms with Crippen LogP contribution in [0.15, 0.2) is 6.20 Å². The molecule has 0 radical (unpaired) electrons. The first-order valence-electron chi connectivity index (χ1n) is 2.28. The van der Waals surface area contributed by atoms with Gasteiger partial charge in [-0.05, 0) is 6.42 Å². The first-order valence-corrected chi connectivity index (χ1v) is 2.28. The highest BCUT2D eigenvalue weighted by atomic mass is 15.3. The van der Waals surface area contributed by atoms with Crippen molar-refractivity contribution in [3.63, 3.8) is 0 Å². The Morgan fingerprint density at radius 3 is 3.00 bits per heavy atom. The molecule has 3 nitrogen and oxygen atoms in total. The van der Waals surface area contributed by atoms with E-state index in [-0.39, 0.29) is 0 Å². The first kappa shape index (κ1) is 4.30. The monoisotopic (exact) mass is 97.1 g/mol. The standard InChI is InChI=1S/C4H7N3/c1-2-4-3-5-7-6-4/h3H,2H2,1H3,(H,5,6,7). The van der Waals surface area contributed by atoms with E-state index in [1.54, 1.807) is 6.20 Å². The fourth-order valence-corrected chi connectivity index (χ4v) is 0.391. The molecular weight excluding hydrogens is 90.1 g/mol. The lowest BCUT2D eigenvalue weighted by atomic mass is 10.4. The van der Waals surface area contributed by atoms with E-state index in [1.165, 1.54) is 0 Å². The number of aryl methyl sites for hydroxylation is 1. The van der Waals surface area contributed by atoms with Gasteiger partial charge in [-0.3, -0.25) is 5.10 Å². The Bertz CT molecular complexity index is 121. The summed E-state index contributed by atoms with van der Waals surface area (Å²) in [5.74, 6) is 0. The Morgan fingerprint density at radius 1 is 1.86 bits per heavy atom. The third kappa shape index (κ3) is 0.765. The number of nitrogens with zero attached hydrogens (tertiary/aromatic N) is 2. The maximum Gasteiger partial charge on any atom is 0.0722 e. The number of rotatable bonds is 1. The Kier molecular flexibility index (Phi) is 1.06. The normalized spacial score (nSPS) is 9.29. The second-order valence-corrected chi connectivity index (χ2v) is 1.34. The van der Waals surface area contributed by atoms with Crippen molar-refractivity contribution in [1.82, 2.24) is 15.4 Å². The van der Waals surface area contributed by atoms with Crippen LogP contribution >= 0.6 is 0 Å². The number of nitrogens with one attached hydrogen (secondary N) is 1. The van der Waals surface area contributed by atoms with Crippen LogP contribution in [0, 0.1) is 0 Å². The predicted molar refractivity (Wildman–Crippen MR) is 25.8 cm³/mol. The van der Waals surface area contributed by atoms with Gasteiger partial charge in [-0.15, -0.1) is 5.10 Å². The summed E-state index contributed by atoms with van der Waals surface area (Å²) in [5, 5.41) is 9.83. The summed E-state index contributed by atoms with van der Waals surface area (Å²) in [6, 6.07) is 0. The topological polar surface area (TPSA) is 41.6 Å². The average molecular weight is 97.1 g/mol. The Labute approximate surface area is 41.7 Å². The van der Waals surface area contributed by atoms with Crippen molar-refractivity contribution >= 4 is 0 Å². The molecule has 0 aliphatic rings. The van der Waals surface area contributed by atoms with Crippen LogP contribution in [0.1, 0.15) is 12.6 Å². The SMILES string of the molecule is CCc1cnn[nH]1. The molecule has 1 rings (SSSR count). The highest BCUT2D eigenvalue weighted by Crippen LogP contribution is 1.85. The lowest BCUT2D eigenvalue weighted by molar-refractivity contribution is 0.908. The van der Waals surface area contributed by atoms with E-state index in [1.807, 2.05) is 0 Å². The molecule has 0 unspecified atom stereocenters. The highest BCUT2D eigenvalue weighted by molar-refractivity contribution is 4.87. The molecule has 0 spiro atoms. The number of aromatic nitrogens is 3. The van der Waals surface area contributed by atoms with Gasteiger partial charge in [-0.25, -0.2) is 0 Å².